The van der Waals surface area contributed by atoms with Crippen LogP contribution in [0.1, 0.15) is 32.1 Å². The van der Waals surface area contributed by atoms with E-state index >= 15 is 0 Å². The maximum absolute atomic E-state index is 4.55. The number of fused-ring (bicyclic) bond motifs is 1. The van der Waals surface area contributed by atoms with Crippen LogP contribution in [0.4, 0.5) is 0 Å². The molecule has 0 saturated carbocycles. The number of aromatic amines is 1. The Kier molecular flexibility index (Phi) is 3.02. The van der Waals surface area contributed by atoms with Gasteiger partial charge in [-0.1, -0.05) is 19.1 Å². The molecule has 2 aromatic rings. The zero-order chi connectivity index (χ0) is 10.7. The van der Waals surface area contributed by atoms with Gasteiger partial charge < -0.3 is 10.3 Å². The van der Waals surface area contributed by atoms with Crippen LogP contribution in [0.25, 0.3) is 11.0 Å². The highest BCUT2D eigenvalue weighted by molar-refractivity contribution is 5.74. The Morgan fingerprint density at radius 1 is 1.40 bits per heavy atom. The first-order valence-electron chi connectivity index (χ1n) is 5.49. The lowest BCUT2D eigenvalue weighted by Gasteiger charge is -2.09. The van der Waals surface area contributed by atoms with Gasteiger partial charge in [0, 0.05) is 0 Å². The molecule has 0 fully saturated rings. The summed E-state index contributed by atoms with van der Waals surface area (Å²) in [5, 5.41) is 3.42. The normalized spacial score (nSPS) is 13.2. The molecule has 1 heterocycles. The summed E-state index contributed by atoms with van der Waals surface area (Å²) in [5.41, 5.74) is 2.15. The number of nitrogens with zero attached hydrogens (tertiary/aromatic N) is 1. The molecule has 0 aliphatic rings. The maximum Gasteiger partial charge on any atom is 0.124 e. The summed E-state index contributed by atoms with van der Waals surface area (Å²) < 4.78 is 0. The summed E-state index contributed by atoms with van der Waals surface area (Å²) in [6.45, 7) is 5.32. The molecule has 80 valence electrons. The summed E-state index contributed by atoms with van der Waals surface area (Å²) >= 11 is 0. The van der Waals surface area contributed by atoms with Crippen LogP contribution in [0.15, 0.2) is 24.3 Å². The second kappa shape index (κ2) is 4.45. The molecule has 1 aromatic heterocycles. The van der Waals surface area contributed by atoms with Gasteiger partial charge in [0.05, 0.1) is 17.1 Å². The lowest BCUT2D eigenvalue weighted by molar-refractivity contribution is 0.550. The van der Waals surface area contributed by atoms with E-state index in [2.05, 4.69) is 35.2 Å². The van der Waals surface area contributed by atoms with E-state index in [9.17, 15) is 0 Å². The molecule has 3 heteroatoms. The first kappa shape index (κ1) is 10.2. The summed E-state index contributed by atoms with van der Waals surface area (Å²) in [6.07, 6.45) is 1.14. The monoisotopic (exact) mass is 203 g/mol. The molecule has 1 aromatic carbocycles. The summed E-state index contributed by atoms with van der Waals surface area (Å²) in [5.74, 6) is 1.02. The summed E-state index contributed by atoms with van der Waals surface area (Å²) in [6, 6.07) is 8.41. The molecule has 0 saturated heterocycles. The Hall–Kier alpha value is -1.35. The van der Waals surface area contributed by atoms with Gasteiger partial charge in [-0.15, -0.1) is 0 Å². The van der Waals surface area contributed by atoms with Crippen molar-refractivity contribution in [3.63, 3.8) is 0 Å². The van der Waals surface area contributed by atoms with Crippen LogP contribution in [0.3, 0.4) is 0 Å². The van der Waals surface area contributed by atoms with Crippen LogP contribution in [0, 0.1) is 0 Å². The van der Waals surface area contributed by atoms with E-state index in [1.807, 2.05) is 18.2 Å². The minimum Gasteiger partial charge on any atom is -0.341 e. The first-order chi connectivity index (χ1) is 7.31. The molecule has 0 amide bonds. The molecule has 0 radical (unpaired) electrons. The Morgan fingerprint density at radius 3 is 2.93 bits per heavy atom. The number of nitrogens with one attached hydrogen (secondary N) is 2. The molecular formula is C12H17N3. The van der Waals surface area contributed by atoms with Crippen molar-refractivity contribution < 1.29 is 0 Å². The second-order valence-corrected chi connectivity index (χ2v) is 3.82. The van der Waals surface area contributed by atoms with Gasteiger partial charge in [0.1, 0.15) is 5.82 Å². The largest absolute Gasteiger partial charge is 0.341 e. The third-order valence-corrected chi connectivity index (χ3v) is 2.52. The number of imidazole rings is 1. The van der Waals surface area contributed by atoms with E-state index in [-0.39, 0.29) is 6.04 Å². The average Bonchev–Trinajstić information content (AvgIpc) is 2.69. The van der Waals surface area contributed by atoms with Crippen LogP contribution in [0.2, 0.25) is 0 Å². The fourth-order valence-corrected chi connectivity index (χ4v) is 1.64. The molecule has 1 atom stereocenters. The molecule has 0 bridgehead atoms. The van der Waals surface area contributed by atoms with Gasteiger partial charge in [0.15, 0.2) is 0 Å². The van der Waals surface area contributed by atoms with Crippen molar-refractivity contribution in [2.24, 2.45) is 0 Å². The van der Waals surface area contributed by atoms with E-state index in [1.54, 1.807) is 0 Å². The summed E-state index contributed by atoms with van der Waals surface area (Å²) in [4.78, 5) is 7.88. The first-order valence-corrected chi connectivity index (χ1v) is 5.49. The van der Waals surface area contributed by atoms with Crippen LogP contribution in [-0.2, 0) is 0 Å². The minimum absolute atomic E-state index is 0.289. The number of rotatable bonds is 4. The van der Waals surface area contributed by atoms with Crippen molar-refractivity contribution in [1.29, 1.82) is 0 Å². The Labute approximate surface area is 89.9 Å². The third-order valence-electron chi connectivity index (χ3n) is 2.52. The SMILES string of the molecule is CCCNC(C)c1nc2ccccc2[nH]1. The fourth-order valence-electron chi connectivity index (χ4n) is 1.64. The quantitative estimate of drug-likeness (QED) is 0.802. The number of aromatic nitrogens is 2. The number of hydrogen-bond acceptors (Lipinski definition) is 2. The average molecular weight is 203 g/mol. The van der Waals surface area contributed by atoms with Crippen LogP contribution < -0.4 is 5.32 Å². The number of H-pyrrole nitrogens is 1. The fraction of sp³-hybridized carbons (Fsp3) is 0.417. The highest BCUT2D eigenvalue weighted by Crippen LogP contribution is 2.15. The number of para-hydroxylation sites is 2. The van der Waals surface area contributed by atoms with E-state index < -0.39 is 0 Å². The van der Waals surface area contributed by atoms with Crippen molar-refractivity contribution in [2.45, 2.75) is 26.3 Å². The van der Waals surface area contributed by atoms with Gasteiger partial charge in [-0.05, 0) is 32.0 Å². The van der Waals surface area contributed by atoms with Gasteiger partial charge >= 0.3 is 0 Å². The molecule has 1 unspecified atom stereocenters. The third kappa shape index (κ3) is 2.18. The molecule has 0 spiro atoms. The zero-order valence-corrected chi connectivity index (χ0v) is 9.25. The maximum atomic E-state index is 4.55. The zero-order valence-electron chi connectivity index (χ0n) is 9.25. The number of hydrogen-bond donors (Lipinski definition) is 2. The van der Waals surface area contributed by atoms with Crippen LogP contribution in [0.5, 0.6) is 0 Å². The van der Waals surface area contributed by atoms with Gasteiger partial charge in [-0.2, -0.15) is 0 Å². The smallest absolute Gasteiger partial charge is 0.124 e. The van der Waals surface area contributed by atoms with Gasteiger partial charge in [-0.3, -0.25) is 0 Å². The molecule has 2 N–H and O–H groups in total. The Balaban J connectivity index is 2.20. The summed E-state index contributed by atoms with van der Waals surface area (Å²) in [7, 11) is 0. The van der Waals surface area contributed by atoms with Crippen molar-refractivity contribution in [2.75, 3.05) is 6.54 Å². The predicted octanol–water partition coefficient (Wildman–Crippen LogP) is 2.62. The van der Waals surface area contributed by atoms with Gasteiger partial charge in [-0.25, -0.2) is 4.98 Å². The molecule has 15 heavy (non-hydrogen) atoms. The van der Waals surface area contributed by atoms with Crippen molar-refractivity contribution >= 4 is 11.0 Å². The Bertz CT molecular complexity index is 400. The molecular weight excluding hydrogens is 186 g/mol. The van der Waals surface area contributed by atoms with E-state index in [4.69, 9.17) is 0 Å². The molecule has 3 nitrogen and oxygen atoms in total. The van der Waals surface area contributed by atoms with Crippen LogP contribution in [-0.4, -0.2) is 16.5 Å². The highest BCUT2D eigenvalue weighted by Gasteiger charge is 2.08. The lowest BCUT2D eigenvalue weighted by Crippen LogP contribution is -2.20. The number of benzene rings is 1. The Morgan fingerprint density at radius 2 is 2.20 bits per heavy atom. The standard InChI is InChI=1S/C12H17N3/c1-3-8-13-9(2)12-14-10-6-4-5-7-11(10)15-12/h4-7,9,13H,3,8H2,1-2H3,(H,14,15). The molecule has 0 aliphatic carbocycles. The van der Waals surface area contributed by atoms with E-state index in [0.717, 1.165) is 29.8 Å². The van der Waals surface area contributed by atoms with Crippen molar-refractivity contribution in [3.8, 4) is 0 Å². The minimum atomic E-state index is 0.289. The van der Waals surface area contributed by atoms with Crippen molar-refractivity contribution in [3.05, 3.63) is 30.1 Å². The predicted molar refractivity (Wildman–Crippen MR) is 62.8 cm³/mol. The topological polar surface area (TPSA) is 40.7 Å². The van der Waals surface area contributed by atoms with E-state index in [0.29, 0.717) is 0 Å². The van der Waals surface area contributed by atoms with Crippen LogP contribution >= 0.6 is 0 Å². The van der Waals surface area contributed by atoms with Gasteiger partial charge in [0.2, 0.25) is 0 Å². The van der Waals surface area contributed by atoms with Crippen molar-refractivity contribution in [1.82, 2.24) is 15.3 Å². The lowest BCUT2D eigenvalue weighted by atomic mass is 10.3. The van der Waals surface area contributed by atoms with E-state index in [1.165, 1.54) is 0 Å². The molecule has 0 aliphatic heterocycles. The highest BCUT2D eigenvalue weighted by atomic mass is 15.0. The van der Waals surface area contributed by atoms with Gasteiger partial charge in [0.25, 0.3) is 0 Å². The molecule has 2 rings (SSSR count). The second-order valence-electron chi connectivity index (χ2n) is 3.82.